The van der Waals surface area contributed by atoms with Gasteiger partial charge >= 0.3 is 0 Å². The number of hydrogen-bond acceptors (Lipinski definition) is 4. The third kappa shape index (κ3) is 8.20. The van der Waals surface area contributed by atoms with Crippen LogP contribution in [0.15, 0.2) is 0 Å². The predicted octanol–water partition coefficient (Wildman–Crippen LogP) is 2.64. The van der Waals surface area contributed by atoms with E-state index >= 15 is 0 Å². The number of unbranched alkanes of at least 4 members (excludes halogenated alkanes) is 4. The largest absolute Gasteiger partial charge is 0.396 e. The standard InChI is InChI=1S/C16H32O4/c1-15(10-17)11-18-8-6-4-3-5-7-9-19-12-16(2)13-20-14-16/h15,17H,3-14H2,1-2H3. The third-order valence-corrected chi connectivity index (χ3v) is 3.64. The van der Waals surface area contributed by atoms with Crippen molar-refractivity contribution >= 4 is 0 Å². The van der Waals surface area contributed by atoms with Crippen LogP contribution in [0.2, 0.25) is 0 Å². The second kappa shape index (κ2) is 10.6. The Morgan fingerprint density at radius 3 is 2.20 bits per heavy atom. The first-order chi connectivity index (χ1) is 9.66. The summed E-state index contributed by atoms with van der Waals surface area (Å²) in [6.07, 6.45) is 5.98. The van der Waals surface area contributed by atoms with Crippen molar-refractivity contribution in [1.29, 1.82) is 0 Å². The molecule has 20 heavy (non-hydrogen) atoms. The number of aliphatic hydroxyl groups excluding tert-OH is 1. The molecule has 1 heterocycles. The molecular weight excluding hydrogens is 256 g/mol. The Labute approximate surface area is 123 Å². The second-order valence-corrected chi connectivity index (χ2v) is 6.49. The maximum absolute atomic E-state index is 8.85. The van der Waals surface area contributed by atoms with Crippen LogP contribution in [-0.4, -0.2) is 51.4 Å². The molecule has 1 unspecified atom stereocenters. The van der Waals surface area contributed by atoms with Gasteiger partial charge in [0.15, 0.2) is 0 Å². The van der Waals surface area contributed by atoms with Gasteiger partial charge in [0.1, 0.15) is 0 Å². The van der Waals surface area contributed by atoms with Crippen LogP contribution in [0.1, 0.15) is 46.0 Å². The van der Waals surface area contributed by atoms with Crippen LogP contribution in [0.4, 0.5) is 0 Å². The van der Waals surface area contributed by atoms with Crippen molar-refractivity contribution in [3.63, 3.8) is 0 Å². The van der Waals surface area contributed by atoms with Gasteiger partial charge in [-0.15, -0.1) is 0 Å². The lowest BCUT2D eigenvalue weighted by Crippen LogP contribution is -2.43. The summed E-state index contributed by atoms with van der Waals surface area (Å²) in [6.45, 7) is 9.33. The molecule has 1 atom stereocenters. The van der Waals surface area contributed by atoms with E-state index < -0.39 is 0 Å². The summed E-state index contributed by atoms with van der Waals surface area (Å²) < 4.78 is 16.4. The minimum absolute atomic E-state index is 0.213. The number of hydrogen-bond donors (Lipinski definition) is 1. The van der Waals surface area contributed by atoms with E-state index in [0.29, 0.717) is 6.61 Å². The third-order valence-electron chi connectivity index (χ3n) is 3.64. The van der Waals surface area contributed by atoms with E-state index in [-0.39, 0.29) is 17.9 Å². The summed E-state index contributed by atoms with van der Waals surface area (Å²) in [6, 6.07) is 0. The fourth-order valence-electron chi connectivity index (χ4n) is 2.13. The Hall–Kier alpha value is -0.160. The first-order valence-electron chi connectivity index (χ1n) is 8.00. The van der Waals surface area contributed by atoms with Crippen molar-refractivity contribution in [1.82, 2.24) is 0 Å². The molecule has 0 spiro atoms. The molecule has 120 valence electrons. The van der Waals surface area contributed by atoms with Crippen LogP contribution in [0, 0.1) is 11.3 Å². The van der Waals surface area contributed by atoms with Gasteiger partial charge < -0.3 is 19.3 Å². The van der Waals surface area contributed by atoms with E-state index in [1.165, 1.54) is 19.3 Å². The average Bonchev–Trinajstić information content (AvgIpc) is 2.42. The summed E-state index contributed by atoms with van der Waals surface area (Å²) >= 11 is 0. The monoisotopic (exact) mass is 288 g/mol. The maximum atomic E-state index is 8.85. The minimum atomic E-state index is 0.213. The lowest BCUT2D eigenvalue weighted by atomic mass is 9.90. The molecule has 4 heteroatoms. The predicted molar refractivity (Wildman–Crippen MR) is 79.9 cm³/mol. The Kier molecular flexibility index (Phi) is 9.44. The van der Waals surface area contributed by atoms with Crippen molar-refractivity contribution in [2.45, 2.75) is 46.0 Å². The van der Waals surface area contributed by atoms with Gasteiger partial charge in [-0.05, 0) is 12.8 Å². The molecule has 0 aromatic carbocycles. The van der Waals surface area contributed by atoms with Crippen LogP contribution in [0.25, 0.3) is 0 Å². The molecule has 0 bridgehead atoms. The Morgan fingerprint density at radius 1 is 1.05 bits per heavy atom. The zero-order valence-corrected chi connectivity index (χ0v) is 13.2. The molecule has 0 aliphatic carbocycles. The molecule has 0 aromatic rings. The average molecular weight is 288 g/mol. The molecule has 0 saturated carbocycles. The zero-order valence-electron chi connectivity index (χ0n) is 13.2. The van der Waals surface area contributed by atoms with E-state index in [1.807, 2.05) is 6.92 Å². The summed E-state index contributed by atoms with van der Waals surface area (Å²) in [4.78, 5) is 0. The van der Waals surface area contributed by atoms with Gasteiger partial charge in [0, 0.05) is 31.2 Å². The molecule has 1 saturated heterocycles. The van der Waals surface area contributed by atoms with Gasteiger partial charge in [0.2, 0.25) is 0 Å². The van der Waals surface area contributed by atoms with Crippen molar-refractivity contribution < 1.29 is 19.3 Å². The Morgan fingerprint density at radius 2 is 1.65 bits per heavy atom. The number of rotatable bonds is 13. The molecule has 0 aromatic heterocycles. The molecule has 0 radical (unpaired) electrons. The fraction of sp³-hybridized carbons (Fsp3) is 1.00. The van der Waals surface area contributed by atoms with E-state index in [1.54, 1.807) is 0 Å². The maximum Gasteiger partial charge on any atom is 0.0564 e. The highest BCUT2D eigenvalue weighted by atomic mass is 16.5. The molecular formula is C16H32O4. The Balaban J connectivity index is 1.72. The highest BCUT2D eigenvalue weighted by Crippen LogP contribution is 2.26. The van der Waals surface area contributed by atoms with Crippen molar-refractivity contribution in [3.8, 4) is 0 Å². The first-order valence-corrected chi connectivity index (χ1v) is 8.00. The SMILES string of the molecule is CC(CO)COCCCCCCCOCC1(C)COC1. The lowest BCUT2D eigenvalue weighted by molar-refractivity contribution is -0.137. The normalized spacial score (nSPS) is 18.8. The topological polar surface area (TPSA) is 47.9 Å². The van der Waals surface area contributed by atoms with Crippen LogP contribution >= 0.6 is 0 Å². The summed E-state index contributed by atoms with van der Waals surface area (Å²) in [7, 11) is 0. The van der Waals surface area contributed by atoms with Gasteiger partial charge in [0.05, 0.1) is 26.4 Å². The van der Waals surface area contributed by atoms with Crippen molar-refractivity contribution in [2.75, 3.05) is 46.2 Å². The van der Waals surface area contributed by atoms with Gasteiger partial charge in [-0.2, -0.15) is 0 Å². The van der Waals surface area contributed by atoms with Crippen LogP contribution < -0.4 is 0 Å². The van der Waals surface area contributed by atoms with Crippen molar-refractivity contribution in [3.05, 3.63) is 0 Å². The zero-order chi connectivity index (χ0) is 14.7. The van der Waals surface area contributed by atoms with Gasteiger partial charge in [0.25, 0.3) is 0 Å². The molecule has 4 nitrogen and oxygen atoms in total. The Bertz CT molecular complexity index is 229. The smallest absolute Gasteiger partial charge is 0.0564 e. The van der Waals surface area contributed by atoms with Crippen LogP contribution in [0.3, 0.4) is 0 Å². The molecule has 1 aliphatic rings. The van der Waals surface area contributed by atoms with Gasteiger partial charge in [-0.3, -0.25) is 0 Å². The summed E-state index contributed by atoms with van der Waals surface area (Å²) in [5, 5.41) is 8.85. The molecule has 1 N–H and O–H groups in total. The second-order valence-electron chi connectivity index (χ2n) is 6.49. The minimum Gasteiger partial charge on any atom is -0.396 e. The summed E-state index contributed by atoms with van der Waals surface area (Å²) in [5.74, 6) is 0.259. The molecule has 0 amide bonds. The van der Waals surface area contributed by atoms with Gasteiger partial charge in [-0.1, -0.05) is 33.1 Å². The highest BCUT2D eigenvalue weighted by Gasteiger charge is 2.33. The molecule has 1 fully saturated rings. The van der Waals surface area contributed by atoms with Crippen LogP contribution in [-0.2, 0) is 14.2 Å². The van der Waals surface area contributed by atoms with Crippen LogP contribution in [0.5, 0.6) is 0 Å². The number of aliphatic hydroxyl groups is 1. The van der Waals surface area contributed by atoms with Crippen molar-refractivity contribution in [2.24, 2.45) is 11.3 Å². The van der Waals surface area contributed by atoms with E-state index in [0.717, 1.165) is 45.9 Å². The quantitative estimate of drug-likeness (QED) is 0.529. The lowest BCUT2D eigenvalue weighted by Gasteiger charge is -2.37. The fourth-order valence-corrected chi connectivity index (χ4v) is 2.13. The summed E-state index contributed by atoms with van der Waals surface area (Å²) in [5.41, 5.74) is 0.281. The number of ether oxygens (including phenoxy) is 3. The van der Waals surface area contributed by atoms with E-state index in [2.05, 4.69) is 6.92 Å². The molecule has 1 aliphatic heterocycles. The van der Waals surface area contributed by atoms with E-state index in [4.69, 9.17) is 19.3 Å². The first kappa shape index (κ1) is 17.9. The molecule has 1 rings (SSSR count). The highest BCUT2D eigenvalue weighted by molar-refractivity contribution is 4.79. The van der Waals surface area contributed by atoms with Gasteiger partial charge in [-0.25, -0.2) is 0 Å². The van der Waals surface area contributed by atoms with E-state index in [9.17, 15) is 0 Å².